The minimum Gasteiger partial charge on any atom is -0.378 e. The van der Waals surface area contributed by atoms with E-state index in [0.29, 0.717) is 6.10 Å². The van der Waals surface area contributed by atoms with Gasteiger partial charge in [0.05, 0.1) is 6.10 Å². The molecule has 0 bridgehead atoms. The fourth-order valence-corrected chi connectivity index (χ4v) is 1.90. The number of hydrogen-bond donors (Lipinski definition) is 1. The topological polar surface area (TPSA) is 29.9 Å². The Morgan fingerprint density at radius 3 is 3.23 bits per heavy atom. The van der Waals surface area contributed by atoms with E-state index in [-0.39, 0.29) is 0 Å². The van der Waals surface area contributed by atoms with Crippen molar-refractivity contribution in [3.63, 3.8) is 0 Å². The summed E-state index contributed by atoms with van der Waals surface area (Å²) in [5, 5.41) is 0. The van der Waals surface area contributed by atoms with Gasteiger partial charge in [-0.2, -0.15) is 0 Å². The van der Waals surface area contributed by atoms with Crippen molar-refractivity contribution in [1.82, 2.24) is 9.55 Å². The lowest BCUT2D eigenvalue weighted by molar-refractivity contribution is 0.100. The first-order valence-corrected chi connectivity index (χ1v) is 5.12. The number of aromatic amines is 1. The maximum atomic E-state index is 5.53. The number of rotatable bonds is 3. The average Bonchev–Trinajstić information content (AvgIpc) is 2.72. The molecule has 0 saturated carbocycles. The highest BCUT2D eigenvalue weighted by Crippen LogP contribution is 2.15. The Morgan fingerprint density at radius 1 is 1.69 bits per heavy atom. The average molecular weight is 198 g/mol. The molecule has 3 nitrogen and oxygen atoms in total. The maximum absolute atomic E-state index is 5.53. The molecule has 1 unspecified atom stereocenters. The lowest BCUT2D eigenvalue weighted by atomic mass is 10.2. The number of imidazole rings is 1. The molecule has 1 aromatic heterocycles. The number of H-pyrrole nitrogens is 1. The van der Waals surface area contributed by atoms with E-state index in [4.69, 9.17) is 17.0 Å². The Balaban J connectivity index is 1.85. The second-order valence-electron chi connectivity index (χ2n) is 3.38. The molecule has 1 N–H and O–H groups in total. The molecule has 0 spiro atoms. The van der Waals surface area contributed by atoms with Crippen LogP contribution >= 0.6 is 12.2 Å². The van der Waals surface area contributed by atoms with Crippen molar-refractivity contribution in [3.8, 4) is 0 Å². The van der Waals surface area contributed by atoms with Gasteiger partial charge in [0.15, 0.2) is 4.77 Å². The number of aromatic nitrogens is 2. The zero-order valence-electron chi connectivity index (χ0n) is 7.53. The highest BCUT2D eigenvalue weighted by atomic mass is 32.1. The molecule has 1 saturated heterocycles. The van der Waals surface area contributed by atoms with Crippen LogP contribution in [-0.2, 0) is 11.3 Å². The molecular formula is C9H14N2OS. The normalized spacial score (nSPS) is 22.3. The number of hydrogen-bond acceptors (Lipinski definition) is 2. The smallest absolute Gasteiger partial charge is 0.177 e. The van der Waals surface area contributed by atoms with Crippen molar-refractivity contribution in [1.29, 1.82) is 0 Å². The zero-order valence-corrected chi connectivity index (χ0v) is 8.35. The Hall–Kier alpha value is -0.610. The van der Waals surface area contributed by atoms with Crippen molar-refractivity contribution < 1.29 is 4.74 Å². The molecule has 4 heteroatoms. The summed E-state index contributed by atoms with van der Waals surface area (Å²) in [7, 11) is 0. The third-order valence-electron chi connectivity index (χ3n) is 2.44. The van der Waals surface area contributed by atoms with E-state index >= 15 is 0 Å². The summed E-state index contributed by atoms with van der Waals surface area (Å²) >= 11 is 5.09. The molecule has 0 radical (unpaired) electrons. The number of ether oxygens (including phenoxy) is 1. The Morgan fingerprint density at radius 2 is 2.62 bits per heavy atom. The predicted molar refractivity (Wildman–Crippen MR) is 53.2 cm³/mol. The van der Waals surface area contributed by atoms with Crippen LogP contribution < -0.4 is 0 Å². The molecule has 13 heavy (non-hydrogen) atoms. The Kier molecular flexibility index (Phi) is 2.80. The molecule has 1 aliphatic heterocycles. The van der Waals surface area contributed by atoms with Gasteiger partial charge in [0.25, 0.3) is 0 Å². The van der Waals surface area contributed by atoms with Crippen LogP contribution in [-0.4, -0.2) is 22.3 Å². The van der Waals surface area contributed by atoms with Crippen LogP contribution in [0.4, 0.5) is 0 Å². The monoisotopic (exact) mass is 198 g/mol. The SMILES string of the molecule is S=c1[nH]ccn1CCC1CCCO1. The van der Waals surface area contributed by atoms with Crippen LogP contribution in [0.3, 0.4) is 0 Å². The first kappa shape index (κ1) is 8.97. The lowest BCUT2D eigenvalue weighted by Crippen LogP contribution is -2.09. The molecule has 72 valence electrons. The van der Waals surface area contributed by atoms with Crippen LogP contribution in [0.15, 0.2) is 12.4 Å². The number of aryl methyl sites for hydroxylation is 1. The molecule has 0 aliphatic carbocycles. The third-order valence-corrected chi connectivity index (χ3v) is 2.79. The van der Waals surface area contributed by atoms with Crippen molar-refractivity contribution >= 4 is 12.2 Å². The number of nitrogens with one attached hydrogen (secondary N) is 1. The second-order valence-corrected chi connectivity index (χ2v) is 3.77. The van der Waals surface area contributed by atoms with Gasteiger partial charge in [-0.15, -0.1) is 0 Å². The Bertz CT molecular complexity index is 311. The number of nitrogens with zero attached hydrogens (tertiary/aromatic N) is 1. The molecule has 0 amide bonds. The molecule has 1 aromatic rings. The molecule has 1 fully saturated rings. The van der Waals surface area contributed by atoms with Crippen LogP contribution in [0.2, 0.25) is 0 Å². The van der Waals surface area contributed by atoms with Gasteiger partial charge in [-0.1, -0.05) is 0 Å². The first-order valence-electron chi connectivity index (χ1n) is 4.72. The highest BCUT2D eigenvalue weighted by molar-refractivity contribution is 7.71. The van der Waals surface area contributed by atoms with Gasteiger partial charge in [0.2, 0.25) is 0 Å². The van der Waals surface area contributed by atoms with E-state index < -0.39 is 0 Å². The fraction of sp³-hybridized carbons (Fsp3) is 0.667. The summed E-state index contributed by atoms with van der Waals surface area (Å²) in [6.45, 7) is 1.90. The molecule has 1 atom stereocenters. The lowest BCUT2D eigenvalue weighted by Gasteiger charge is -2.08. The third kappa shape index (κ3) is 2.19. The van der Waals surface area contributed by atoms with Gasteiger partial charge >= 0.3 is 0 Å². The van der Waals surface area contributed by atoms with E-state index in [0.717, 1.165) is 24.3 Å². The van der Waals surface area contributed by atoms with E-state index in [1.165, 1.54) is 12.8 Å². The quantitative estimate of drug-likeness (QED) is 0.754. The molecular weight excluding hydrogens is 184 g/mol. The van der Waals surface area contributed by atoms with E-state index in [1.807, 2.05) is 12.4 Å². The van der Waals surface area contributed by atoms with Crippen LogP contribution in [0, 0.1) is 4.77 Å². The van der Waals surface area contributed by atoms with Crippen molar-refractivity contribution in [2.45, 2.75) is 31.9 Å². The minimum absolute atomic E-state index is 0.455. The Labute approximate surface area is 82.7 Å². The van der Waals surface area contributed by atoms with Crippen LogP contribution in [0.25, 0.3) is 0 Å². The summed E-state index contributed by atoms with van der Waals surface area (Å²) in [4.78, 5) is 2.98. The standard InChI is InChI=1S/C9H14N2OS/c13-9-10-4-6-11(9)5-3-8-2-1-7-12-8/h4,6,8H,1-3,5,7H2,(H,10,13). The molecule has 2 rings (SSSR count). The second kappa shape index (κ2) is 4.07. The summed E-state index contributed by atoms with van der Waals surface area (Å²) in [5.41, 5.74) is 0. The largest absolute Gasteiger partial charge is 0.378 e. The van der Waals surface area contributed by atoms with Crippen LogP contribution in [0.1, 0.15) is 19.3 Å². The zero-order chi connectivity index (χ0) is 9.10. The van der Waals surface area contributed by atoms with E-state index in [9.17, 15) is 0 Å². The van der Waals surface area contributed by atoms with Crippen molar-refractivity contribution in [2.24, 2.45) is 0 Å². The summed E-state index contributed by atoms with van der Waals surface area (Å²) in [5.74, 6) is 0. The predicted octanol–water partition coefficient (Wildman–Crippen LogP) is 2.11. The van der Waals surface area contributed by atoms with Crippen molar-refractivity contribution in [3.05, 3.63) is 17.2 Å². The summed E-state index contributed by atoms with van der Waals surface area (Å²) in [6, 6.07) is 0. The molecule has 1 aliphatic rings. The fourth-order valence-electron chi connectivity index (χ4n) is 1.68. The first-order chi connectivity index (χ1) is 6.36. The molecule has 0 aromatic carbocycles. The van der Waals surface area contributed by atoms with E-state index in [1.54, 1.807) is 0 Å². The maximum Gasteiger partial charge on any atom is 0.177 e. The minimum atomic E-state index is 0.455. The van der Waals surface area contributed by atoms with E-state index in [2.05, 4.69) is 9.55 Å². The summed E-state index contributed by atoms with van der Waals surface area (Å²) in [6.07, 6.45) is 7.80. The molecule has 2 heterocycles. The van der Waals surface area contributed by atoms with Crippen LogP contribution in [0.5, 0.6) is 0 Å². The van der Waals surface area contributed by atoms with Gasteiger partial charge in [0.1, 0.15) is 0 Å². The van der Waals surface area contributed by atoms with Gasteiger partial charge in [-0.25, -0.2) is 0 Å². The van der Waals surface area contributed by atoms with Gasteiger partial charge in [-0.05, 0) is 31.5 Å². The summed E-state index contributed by atoms with van der Waals surface area (Å²) < 4.78 is 8.39. The van der Waals surface area contributed by atoms with Gasteiger partial charge in [-0.3, -0.25) is 0 Å². The van der Waals surface area contributed by atoms with Crippen molar-refractivity contribution in [2.75, 3.05) is 6.61 Å². The van der Waals surface area contributed by atoms with Gasteiger partial charge < -0.3 is 14.3 Å². The highest BCUT2D eigenvalue weighted by Gasteiger charge is 2.14. The van der Waals surface area contributed by atoms with Gasteiger partial charge in [0, 0.05) is 25.5 Å².